The van der Waals surface area contributed by atoms with Crippen LogP contribution in [-0.2, 0) is 0 Å². The van der Waals surface area contributed by atoms with Gasteiger partial charge in [0.2, 0.25) is 0 Å². The van der Waals surface area contributed by atoms with Crippen LogP contribution in [0.2, 0.25) is 0 Å². The predicted octanol–water partition coefficient (Wildman–Crippen LogP) is 2.87. The normalized spacial score (nSPS) is 14.6. The highest BCUT2D eigenvalue weighted by atomic mass is 19.1. The van der Waals surface area contributed by atoms with Gasteiger partial charge in [-0.3, -0.25) is 9.59 Å². The molecule has 7 heteroatoms. The quantitative estimate of drug-likeness (QED) is 0.699. The molecule has 1 saturated heterocycles. The van der Waals surface area contributed by atoms with E-state index in [4.69, 9.17) is 4.42 Å². The molecule has 6 nitrogen and oxygen atoms in total. The summed E-state index contributed by atoms with van der Waals surface area (Å²) >= 11 is 0. The molecule has 27 heavy (non-hydrogen) atoms. The van der Waals surface area contributed by atoms with E-state index in [1.807, 2.05) is 0 Å². The molecule has 2 aromatic carbocycles. The van der Waals surface area contributed by atoms with Crippen LogP contribution >= 0.6 is 0 Å². The highest BCUT2D eigenvalue weighted by Crippen LogP contribution is 2.19. The second kappa shape index (κ2) is 6.83. The molecule has 3 aromatic rings. The van der Waals surface area contributed by atoms with Crippen molar-refractivity contribution < 1.29 is 18.4 Å². The third-order valence-corrected chi connectivity index (χ3v) is 4.69. The smallest absolute Gasteiger partial charge is 0.254 e. The van der Waals surface area contributed by atoms with Gasteiger partial charge in [0.15, 0.2) is 11.5 Å². The Labute approximate surface area is 155 Å². The zero-order valence-electron chi connectivity index (χ0n) is 14.8. The largest absolute Gasteiger partial charge is 0.441 e. The van der Waals surface area contributed by atoms with Gasteiger partial charge >= 0.3 is 0 Å². The topological polar surface area (TPSA) is 66.7 Å². The summed E-state index contributed by atoms with van der Waals surface area (Å²) in [5.41, 5.74) is 2.29. The molecule has 2 amide bonds. The highest BCUT2D eigenvalue weighted by Gasteiger charge is 2.26. The Morgan fingerprint density at radius 1 is 0.926 bits per heavy atom. The molecule has 4 rings (SSSR count). The lowest BCUT2D eigenvalue weighted by atomic mass is 10.1. The molecule has 2 heterocycles. The standard InChI is InChI=1S/C20H18FN3O3/c1-13-22-17-7-4-15(12-18(17)27-13)20(26)24-10-8-23(9-11-24)19(25)14-2-5-16(21)6-3-14/h2-7,12H,8-11H2,1H3. The second-order valence-corrected chi connectivity index (χ2v) is 6.51. The van der Waals surface area contributed by atoms with Crippen molar-refractivity contribution in [2.24, 2.45) is 0 Å². The van der Waals surface area contributed by atoms with Crippen LogP contribution in [0, 0.1) is 12.7 Å². The second-order valence-electron chi connectivity index (χ2n) is 6.51. The minimum atomic E-state index is -0.374. The summed E-state index contributed by atoms with van der Waals surface area (Å²) in [5, 5.41) is 0. The van der Waals surface area contributed by atoms with Crippen LogP contribution in [0.5, 0.6) is 0 Å². The van der Waals surface area contributed by atoms with E-state index < -0.39 is 0 Å². The molecule has 1 fully saturated rings. The van der Waals surface area contributed by atoms with E-state index in [1.54, 1.807) is 34.9 Å². The first-order valence-electron chi connectivity index (χ1n) is 8.72. The van der Waals surface area contributed by atoms with Crippen LogP contribution < -0.4 is 0 Å². The Bertz CT molecular complexity index is 1000. The third kappa shape index (κ3) is 3.40. The molecule has 0 atom stereocenters. The number of rotatable bonds is 2. The fourth-order valence-electron chi connectivity index (χ4n) is 3.24. The summed E-state index contributed by atoms with van der Waals surface area (Å²) in [6.45, 7) is 3.52. The Morgan fingerprint density at radius 3 is 2.11 bits per heavy atom. The number of fused-ring (bicyclic) bond motifs is 1. The molecule has 1 aliphatic rings. The van der Waals surface area contributed by atoms with Crippen LogP contribution in [0.25, 0.3) is 11.1 Å². The Hall–Kier alpha value is -3.22. The fraction of sp³-hybridized carbons (Fsp3) is 0.250. The molecule has 138 valence electrons. The van der Waals surface area contributed by atoms with Crippen molar-refractivity contribution in [1.82, 2.24) is 14.8 Å². The molecular formula is C20H18FN3O3. The minimum Gasteiger partial charge on any atom is -0.441 e. The summed E-state index contributed by atoms with van der Waals surface area (Å²) in [6.07, 6.45) is 0. The van der Waals surface area contributed by atoms with Crippen molar-refractivity contribution in [3.8, 4) is 0 Å². The zero-order chi connectivity index (χ0) is 19.0. The van der Waals surface area contributed by atoms with Gasteiger partial charge < -0.3 is 14.2 Å². The van der Waals surface area contributed by atoms with Gasteiger partial charge in [0.25, 0.3) is 11.8 Å². The van der Waals surface area contributed by atoms with Crippen LogP contribution in [0.15, 0.2) is 46.9 Å². The first-order chi connectivity index (χ1) is 13.0. The number of aromatic nitrogens is 1. The SMILES string of the molecule is Cc1nc2ccc(C(=O)N3CCN(C(=O)c4ccc(F)cc4)CC3)cc2o1. The van der Waals surface area contributed by atoms with Crippen molar-refractivity contribution in [1.29, 1.82) is 0 Å². The summed E-state index contributed by atoms with van der Waals surface area (Å²) in [5.74, 6) is -0.0658. The molecule has 0 saturated carbocycles. The number of oxazole rings is 1. The van der Waals surface area contributed by atoms with Gasteiger partial charge in [-0.1, -0.05) is 0 Å². The summed E-state index contributed by atoms with van der Waals surface area (Å²) < 4.78 is 18.5. The van der Waals surface area contributed by atoms with Gasteiger partial charge in [-0.2, -0.15) is 0 Å². The Balaban J connectivity index is 1.42. The molecular weight excluding hydrogens is 349 g/mol. The number of carbonyl (C=O) groups is 2. The molecule has 0 spiro atoms. The Kier molecular flexibility index (Phi) is 4.35. The number of piperazine rings is 1. The number of aryl methyl sites for hydroxylation is 1. The van der Waals surface area contributed by atoms with E-state index in [2.05, 4.69) is 4.98 Å². The van der Waals surface area contributed by atoms with E-state index in [0.29, 0.717) is 48.8 Å². The van der Waals surface area contributed by atoms with Gasteiger partial charge in [0, 0.05) is 44.2 Å². The lowest BCUT2D eigenvalue weighted by molar-refractivity contribution is 0.0535. The van der Waals surface area contributed by atoms with E-state index in [9.17, 15) is 14.0 Å². The first-order valence-corrected chi connectivity index (χ1v) is 8.72. The first kappa shape index (κ1) is 17.2. The van der Waals surface area contributed by atoms with Crippen molar-refractivity contribution in [3.05, 3.63) is 65.3 Å². The van der Waals surface area contributed by atoms with Crippen LogP contribution in [-0.4, -0.2) is 52.8 Å². The fourth-order valence-corrected chi connectivity index (χ4v) is 3.24. The number of benzene rings is 2. The van der Waals surface area contributed by atoms with Crippen LogP contribution in [0.1, 0.15) is 26.6 Å². The van der Waals surface area contributed by atoms with E-state index >= 15 is 0 Å². The number of nitrogens with zero attached hydrogens (tertiary/aromatic N) is 3. The average molecular weight is 367 g/mol. The number of hydrogen-bond acceptors (Lipinski definition) is 4. The maximum atomic E-state index is 13.0. The monoisotopic (exact) mass is 367 g/mol. The lowest BCUT2D eigenvalue weighted by Crippen LogP contribution is -2.50. The van der Waals surface area contributed by atoms with Gasteiger partial charge in [0.1, 0.15) is 11.3 Å². The molecule has 0 aliphatic carbocycles. The molecule has 0 bridgehead atoms. The van der Waals surface area contributed by atoms with Crippen LogP contribution in [0.3, 0.4) is 0 Å². The van der Waals surface area contributed by atoms with Crippen molar-refractivity contribution >= 4 is 22.9 Å². The highest BCUT2D eigenvalue weighted by molar-refractivity contribution is 5.97. The zero-order valence-corrected chi connectivity index (χ0v) is 14.8. The van der Waals surface area contributed by atoms with Gasteiger partial charge in [-0.05, 0) is 42.5 Å². The maximum Gasteiger partial charge on any atom is 0.254 e. The molecule has 0 unspecified atom stereocenters. The number of hydrogen-bond donors (Lipinski definition) is 0. The third-order valence-electron chi connectivity index (χ3n) is 4.69. The van der Waals surface area contributed by atoms with Crippen molar-refractivity contribution in [3.63, 3.8) is 0 Å². The van der Waals surface area contributed by atoms with E-state index in [1.165, 1.54) is 24.3 Å². The molecule has 1 aromatic heterocycles. The van der Waals surface area contributed by atoms with Crippen molar-refractivity contribution in [2.75, 3.05) is 26.2 Å². The van der Waals surface area contributed by atoms with Gasteiger partial charge in [-0.15, -0.1) is 0 Å². The van der Waals surface area contributed by atoms with Crippen LogP contribution in [0.4, 0.5) is 4.39 Å². The number of carbonyl (C=O) groups excluding carboxylic acids is 2. The molecule has 1 aliphatic heterocycles. The van der Waals surface area contributed by atoms with Gasteiger partial charge in [0.05, 0.1) is 0 Å². The number of halogens is 1. The summed E-state index contributed by atoms with van der Waals surface area (Å²) in [6, 6.07) is 10.7. The molecule has 0 radical (unpaired) electrons. The maximum absolute atomic E-state index is 13.0. The molecule has 0 N–H and O–H groups in total. The van der Waals surface area contributed by atoms with Crippen molar-refractivity contribution in [2.45, 2.75) is 6.92 Å². The predicted molar refractivity (Wildman–Crippen MR) is 97.0 cm³/mol. The van der Waals surface area contributed by atoms with E-state index in [0.717, 1.165) is 5.52 Å². The minimum absolute atomic E-state index is 0.0974. The lowest BCUT2D eigenvalue weighted by Gasteiger charge is -2.34. The Morgan fingerprint density at radius 2 is 1.48 bits per heavy atom. The average Bonchev–Trinajstić information content (AvgIpc) is 3.07. The summed E-state index contributed by atoms with van der Waals surface area (Å²) in [4.78, 5) is 32.9. The summed E-state index contributed by atoms with van der Waals surface area (Å²) in [7, 11) is 0. The number of amides is 2. The van der Waals surface area contributed by atoms with E-state index in [-0.39, 0.29) is 17.6 Å². The van der Waals surface area contributed by atoms with Gasteiger partial charge in [-0.25, -0.2) is 9.37 Å².